The van der Waals surface area contributed by atoms with Crippen molar-refractivity contribution in [3.05, 3.63) is 0 Å². The second-order valence-corrected chi connectivity index (χ2v) is 6.43. The summed E-state index contributed by atoms with van der Waals surface area (Å²) >= 11 is 0. The van der Waals surface area contributed by atoms with Crippen LogP contribution in [0.3, 0.4) is 0 Å². The van der Waals surface area contributed by atoms with Gasteiger partial charge in [-0.2, -0.15) is 0 Å². The van der Waals surface area contributed by atoms with Crippen molar-refractivity contribution in [2.75, 3.05) is 39.5 Å². The largest absolute Gasteiger partial charge is 0.382 e. The number of morpholine rings is 1. The van der Waals surface area contributed by atoms with E-state index in [0.29, 0.717) is 19.8 Å². The topological polar surface area (TPSA) is 50.8 Å². The van der Waals surface area contributed by atoms with Crippen molar-refractivity contribution in [2.45, 2.75) is 52.0 Å². The number of nitrogens with one attached hydrogen (secondary N) is 1. The van der Waals surface area contributed by atoms with Crippen LogP contribution in [0.1, 0.15) is 46.0 Å². The molecule has 1 aliphatic carbocycles. The van der Waals surface area contributed by atoms with E-state index in [2.05, 4.69) is 5.32 Å². The first-order chi connectivity index (χ1) is 10.2. The van der Waals surface area contributed by atoms with E-state index >= 15 is 0 Å². The van der Waals surface area contributed by atoms with Gasteiger partial charge in [-0.3, -0.25) is 0 Å². The molecule has 1 atom stereocenters. The van der Waals surface area contributed by atoms with Gasteiger partial charge in [0.15, 0.2) is 0 Å². The van der Waals surface area contributed by atoms with Gasteiger partial charge in [-0.15, -0.1) is 0 Å². The lowest BCUT2D eigenvalue weighted by Gasteiger charge is -2.35. The predicted molar refractivity (Wildman–Crippen MR) is 82.4 cm³/mol. The fourth-order valence-corrected chi connectivity index (χ4v) is 3.47. The van der Waals surface area contributed by atoms with Gasteiger partial charge in [0.2, 0.25) is 0 Å². The zero-order chi connectivity index (χ0) is 15.1. The summed E-state index contributed by atoms with van der Waals surface area (Å²) in [6, 6.07) is 0.232. The molecule has 2 amide bonds. The molecule has 1 heterocycles. The molecule has 0 spiro atoms. The Morgan fingerprint density at radius 1 is 1.43 bits per heavy atom. The van der Waals surface area contributed by atoms with Crippen LogP contribution in [0.4, 0.5) is 4.79 Å². The van der Waals surface area contributed by atoms with Crippen LogP contribution < -0.4 is 5.32 Å². The summed E-state index contributed by atoms with van der Waals surface area (Å²) in [5, 5.41) is 3.17. The van der Waals surface area contributed by atoms with Crippen molar-refractivity contribution in [2.24, 2.45) is 5.41 Å². The predicted octanol–water partition coefficient (Wildman–Crippen LogP) is 2.40. The van der Waals surface area contributed by atoms with E-state index < -0.39 is 0 Å². The van der Waals surface area contributed by atoms with Crippen LogP contribution in [0.5, 0.6) is 0 Å². The molecule has 1 aliphatic heterocycles. The Balaban J connectivity index is 1.82. The van der Waals surface area contributed by atoms with E-state index in [-0.39, 0.29) is 17.5 Å². The molecule has 2 aliphatic rings. The third-order valence-electron chi connectivity index (χ3n) is 4.89. The summed E-state index contributed by atoms with van der Waals surface area (Å²) in [4.78, 5) is 14.3. The molecular formula is C16H30N2O3. The van der Waals surface area contributed by atoms with Crippen LogP contribution in [0, 0.1) is 5.41 Å². The molecule has 0 radical (unpaired) electrons. The minimum absolute atomic E-state index is 0.0634. The zero-order valence-corrected chi connectivity index (χ0v) is 13.5. The quantitative estimate of drug-likeness (QED) is 0.766. The number of hydrogen-bond donors (Lipinski definition) is 1. The summed E-state index contributed by atoms with van der Waals surface area (Å²) < 4.78 is 10.9. The van der Waals surface area contributed by atoms with Crippen LogP contribution >= 0.6 is 0 Å². The maximum absolute atomic E-state index is 12.4. The normalized spacial score (nSPS) is 25.0. The van der Waals surface area contributed by atoms with Crippen LogP contribution in [0.2, 0.25) is 0 Å². The van der Waals surface area contributed by atoms with Gasteiger partial charge in [-0.1, -0.05) is 12.8 Å². The first-order valence-corrected chi connectivity index (χ1v) is 8.37. The molecule has 1 N–H and O–H groups in total. The number of rotatable bonds is 6. The maximum Gasteiger partial charge on any atom is 0.317 e. The first kappa shape index (κ1) is 16.6. The molecule has 0 aromatic rings. The molecule has 2 rings (SSSR count). The number of nitrogens with zero attached hydrogens (tertiary/aromatic N) is 1. The summed E-state index contributed by atoms with van der Waals surface area (Å²) in [6.45, 7) is 8.41. The Morgan fingerprint density at radius 2 is 2.19 bits per heavy atom. The highest BCUT2D eigenvalue weighted by Gasteiger charge is 2.34. The molecule has 122 valence electrons. The number of carbonyl (C=O) groups excluding carboxylic acids is 1. The van der Waals surface area contributed by atoms with Gasteiger partial charge in [0.05, 0.1) is 19.3 Å². The Hall–Kier alpha value is -0.810. The standard InChI is InChI=1S/C16H30N2O3/c1-3-20-10-8-16(6-4-5-7-16)13-17-15(19)18-9-11-21-12-14(18)2/h14H,3-13H2,1-2H3,(H,17,19). The van der Waals surface area contributed by atoms with Gasteiger partial charge in [0.25, 0.3) is 0 Å². The van der Waals surface area contributed by atoms with E-state index in [1.165, 1.54) is 25.7 Å². The molecule has 1 saturated heterocycles. The van der Waals surface area contributed by atoms with Crippen LogP contribution in [0.25, 0.3) is 0 Å². The number of amides is 2. The number of urea groups is 1. The zero-order valence-electron chi connectivity index (χ0n) is 13.5. The monoisotopic (exact) mass is 298 g/mol. The fourth-order valence-electron chi connectivity index (χ4n) is 3.47. The lowest BCUT2D eigenvalue weighted by Crippen LogP contribution is -2.52. The molecular weight excluding hydrogens is 268 g/mol. The summed E-state index contributed by atoms with van der Waals surface area (Å²) in [6.07, 6.45) is 6.02. The molecule has 5 nitrogen and oxygen atoms in total. The van der Waals surface area contributed by atoms with E-state index in [1.54, 1.807) is 0 Å². The number of hydrogen-bond acceptors (Lipinski definition) is 3. The van der Waals surface area contributed by atoms with Crippen molar-refractivity contribution in [3.63, 3.8) is 0 Å². The molecule has 1 unspecified atom stereocenters. The molecule has 21 heavy (non-hydrogen) atoms. The summed E-state index contributed by atoms with van der Waals surface area (Å²) in [5.74, 6) is 0. The summed E-state index contributed by atoms with van der Waals surface area (Å²) in [5.41, 5.74) is 0.250. The van der Waals surface area contributed by atoms with Crippen LogP contribution in [-0.4, -0.2) is 56.5 Å². The van der Waals surface area contributed by atoms with Crippen molar-refractivity contribution in [1.82, 2.24) is 10.2 Å². The van der Waals surface area contributed by atoms with Crippen molar-refractivity contribution >= 4 is 6.03 Å². The average molecular weight is 298 g/mol. The number of ether oxygens (including phenoxy) is 2. The highest BCUT2D eigenvalue weighted by Crippen LogP contribution is 2.40. The van der Waals surface area contributed by atoms with Gasteiger partial charge >= 0.3 is 6.03 Å². The SMILES string of the molecule is CCOCCC1(CNC(=O)N2CCOCC2C)CCCC1. The second kappa shape index (κ2) is 7.99. The van der Waals surface area contributed by atoms with E-state index in [0.717, 1.165) is 26.2 Å². The van der Waals surface area contributed by atoms with E-state index in [9.17, 15) is 4.79 Å². The van der Waals surface area contributed by atoms with Gasteiger partial charge < -0.3 is 19.7 Å². The van der Waals surface area contributed by atoms with Gasteiger partial charge in [-0.25, -0.2) is 4.79 Å². The van der Waals surface area contributed by atoms with Crippen molar-refractivity contribution in [1.29, 1.82) is 0 Å². The Morgan fingerprint density at radius 3 is 2.86 bits per heavy atom. The Bertz CT molecular complexity index is 329. The molecule has 0 bridgehead atoms. The molecule has 0 aromatic carbocycles. The van der Waals surface area contributed by atoms with Crippen LogP contribution in [0.15, 0.2) is 0 Å². The lowest BCUT2D eigenvalue weighted by atomic mass is 9.83. The van der Waals surface area contributed by atoms with Gasteiger partial charge in [0, 0.05) is 26.3 Å². The Kier molecular flexibility index (Phi) is 6.30. The third kappa shape index (κ3) is 4.58. The van der Waals surface area contributed by atoms with Crippen molar-refractivity contribution < 1.29 is 14.3 Å². The third-order valence-corrected chi connectivity index (χ3v) is 4.89. The van der Waals surface area contributed by atoms with Gasteiger partial charge in [0.1, 0.15) is 0 Å². The minimum Gasteiger partial charge on any atom is -0.382 e. The summed E-state index contributed by atoms with van der Waals surface area (Å²) in [7, 11) is 0. The molecule has 2 fully saturated rings. The average Bonchev–Trinajstić information content (AvgIpc) is 2.95. The number of carbonyl (C=O) groups is 1. The Labute approximate surface area is 128 Å². The lowest BCUT2D eigenvalue weighted by molar-refractivity contribution is 0.0180. The first-order valence-electron chi connectivity index (χ1n) is 8.37. The van der Waals surface area contributed by atoms with Gasteiger partial charge in [-0.05, 0) is 38.5 Å². The van der Waals surface area contributed by atoms with E-state index in [4.69, 9.17) is 9.47 Å². The van der Waals surface area contributed by atoms with E-state index in [1.807, 2.05) is 18.7 Å². The smallest absolute Gasteiger partial charge is 0.317 e. The van der Waals surface area contributed by atoms with Crippen molar-refractivity contribution in [3.8, 4) is 0 Å². The highest BCUT2D eigenvalue weighted by molar-refractivity contribution is 5.74. The highest BCUT2D eigenvalue weighted by atomic mass is 16.5. The molecule has 0 aromatic heterocycles. The minimum atomic E-state index is 0.0634. The maximum atomic E-state index is 12.4. The second-order valence-electron chi connectivity index (χ2n) is 6.43. The van der Waals surface area contributed by atoms with Crippen LogP contribution in [-0.2, 0) is 9.47 Å². The molecule has 5 heteroatoms. The molecule has 1 saturated carbocycles. The fraction of sp³-hybridized carbons (Fsp3) is 0.938.